The van der Waals surface area contributed by atoms with Crippen molar-refractivity contribution in [3.05, 3.63) is 69.3 Å². The number of benzene rings is 2. The van der Waals surface area contributed by atoms with Crippen molar-refractivity contribution in [3.63, 3.8) is 0 Å². The van der Waals surface area contributed by atoms with Gasteiger partial charge in [0.1, 0.15) is 6.10 Å². The Morgan fingerprint density at radius 2 is 1.55 bits per heavy atom. The Balaban J connectivity index is 2.00. The van der Waals surface area contributed by atoms with E-state index in [1.807, 2.05) is 0 Å². The van der Waals surface area contributed by atoms with Crippen LogP contribution in [0.1, 0.15) is 51.5 Å². The van der Waals surface area contributed by atoms with Crippen molar-refractivity contribution in [2.24, 2.45) is 0 Å². The second-order valence-electron chi connectivity index (χ2n) is 6.08. The van der Waals surface area contributed by atoms with Crippen LogP contribution in [0.4, 0.5) is 0 Å². The van der Waals surface area contributed by atoms with Gasteiger partial charge in [-0.25, -0.2) is 0 Å². The van der Waals surface area contributed by atoms with Gasteiger partial charge in [0, 0.05) is 0 Å². The zero-order valence-corrected chi connectivity index (χ0v) is 12.5. The molecule has 0 amide bonds. The maximum absolute atomic E-state index is 10.7. The lowest BCUT2D eigenvalue weighted by Crippen LogP contribution is -2.04. The maximum atomic E-state index is 10.7. The highest BCUT2D eigenvalue weighted by molar-refractivity contribution is 5.44. The lowest BCUT2D eigenvalue weighted by atomic mass is 9.92. The van der Waals surface area contributed by atoms with E-state index < -0.39 is 6.10 Å². The molecule has 1 unspecified atom stereocenters. The summed E-state index contributed by atoms with van der Waals surface area (Å²) in [5, 5.41) is 10.7. The molecule has 0 saturated carbocycles. The highest BCUT2D eigenvalue weighted by Gasteiger charge is 2.17. The lowest BCUT2D eigenvalue weighted by Gasteiger charge is -2.17. The molecule has 3 rings (SSSR count). The van der Waals surface area contributed by atoms with Crippen LogP contribution in [0.2, 0.25) is 0 Å². The molecule has 2 aromatic carbocycles. The highest BCUT2D eigenvalue weighted by atomic mass is 16.3. The van der Waals surface area contributed by atoms with E-state index in [1.54, 1.807) is 0 Å². The molecule has 1 nitrogen and oxygen atoms in total. The number of hydrogen-bond donors (Lipinski definition) is 1. The fraction of sp³-hybridized carbons (Fsp3) is 0.368. The molecule has 1 N–H and O–H groups in total. The Morgan fingerprint density at radius 1 is 0.850 bits per heavy atom. The standard InChI is InChI=1S/C19H22O/c1-12-9-14(3)18(10-13(12)2)19(20)17-8-7-15-5-4-6-16(15)11-17/h7-11,19-20H,4-6H2,1-3H3. The minimum Gasteiger partial charge on any atom is -0.384 e. The van der Waals surface area contributed by atoms with Crippen molar-refractivity contribution < 1.29 is 5.11 Å². The molecule has 0 saturated heterocycles. The average Bonchev–Trinajstić information content (AvgIpc) is 2.89. The molecule has 1 atom stereocenters. The summed E-state index contributed by atoms with van der Waals surface area (Å²) in [5.41, 5.74) is 8.63. The Bertz CT molecular complexity index is 655. The molecule has 0 aliphatic heterocycles. The molecule has 0 radical (unpaired) electrons. The SMILES string of the molecule is Cc1cc(C)c(C(O)c2ccc3c(c2)CCC3)cc1C. The molecule has 0 spiro atoms. The van der Waals surface area contributed by atoms with Crippen molar-refractivity contribution in [1.82, 2.24) is 0 Å². The summed E-state index contributed by atoms with van der Waals surface area (Å²) in [4.78, 5) is 0. The summed E-state index contributed by atoms with van der Waals surface area (Å²) in [5.74, 6) is 0. The largest absolute Gasteiger partial charge is 0.384 e. The summed E-state index contributed by atoms with van der Waals surface area (Å²) < 4.78 is 0. The predicted octanol–water partition coefficient (Wildman–Crippen LogP) is 4.18. The van der Waals surface area contributed by atoms with Gasteiger partial charge in [0.15, 0.2) is 0 Å². The third-order valence-electron chi connectivity index (χ3n) is 4.62. The number of fused-ring (bicyclic) bond motifs is 1. The fourth-order valence-corrected chi connectivity index (χ4v) is 3.22. The maximum Gasteiger partial charge on any atom is 0.104 e. The molecule has 0 bridgehead atoms. The Morgan fingerprint density at radius 3 is 2.35 bits per heavy atom. The van der Waals surface area contributed by atoms with Gasteiger partial charge in [0.05, 0.1) is 0 Å². The van der Waals surface area contributed by atoms with E-state index in [1.165, 1.54) is 40.7 Å². The van der Waals surface area contributed by atoms with Gasteiger partial charge in [-0.2, -0.15) is 0 Å². The molecule has 20 heavy (non-hydrogen) atoms. The molecular formula is C19H22O. The van der Waals surface area contributed by atoms with Crippen LogP contribution in [-0.4, -0.2) is 5.11 Å². The van der Waals surface area contributed by atoms with Crippen LogP contribution in [0.15, 0.2) is 30.3 Å². The smallest absolute Gasteiger partial charge is 0.104 e. The summed E-state index contributed by atoms with van der Waals surface area (Å²) in [7, 11) is 0. The van der Waals surface area contributed by atoms with Gasteiger partial charge in [-0.05, 0) is 79.0 Å². The van der Waals surface area contributed by atoms with E-state index in [2.05, 4.69) is 51.1 Å². The van der Waals surface area contributed by atoms with Gasteiger partial charge < -0.3 is 5.11 Å². The summed E-state index contributed by atoms with van der Waals surface area (Å²) >= 11 is 0. The van der Waals surface area contributed by atoms with Crippen molar-refractivity contribution in [2.75, 3.05) is 0 Å². The van der Waals surface area contributed by atoms with Gasteiger partial charge in [-0.15, -0.1) is 0 Å². The molecule has 0 aromatic heterocycles. The third-order valence-corrected chi connectivity index (χ3v) is 4.62. The Labute approximate surface area is 121 Å². The molecule has 1 aliphatic carbocycles. The summed E-state index contributed by atoms with van der Waals surface area (Å²) in [6.45, 7) is 6.31. The Kier molecular flexibility index (Phi) is 3.39. The number of aryl methyl sites for hydroxylation is 5. The first-order valence-electron chi connectivity index (χ1n) is 7.44. The monoisotopic (exact) mass is 266 g/mol. The van der Waals surface area contributed by atoms with E-state index in [0.29, 0.717) is 0 Å². The fourth-order valence-electron chi connectivity index (χ4n) is 3.22. The number of hydrogen-bond acceptors (Lipinski definition) is 1. The number of aliphatic hydroxyl groups excluding tert-OH is 1. The second kappa shape index (κ2) is 5.06. The first-order valence-corrected chi connectivity index (χ1v) is 7.44. The van der Waals surface area contributed by atoms with Crippen LogP contribution in [0.25, 0.3) is 0 Å². The van der Waals surface area contributed by atoms with Gasteiger partial charge in [-0.3, -0.25) is 0 Å². The van der Waals surface area contributed by atoms with Gasteiger partial charge in [0.25, 0.3) is 0 Å². The molecule has 2 aromatic rings. The van der Waals surface area contributed by atoms with E-state index in [9.17, 15) is 5.11 Å². The lowest BCUT2D eigenvalue weighted by molar-refractivity contribution is 0.219. The van der Waals surface area contributed by atoms with Crippen LogP contribution in [0.3, 0.4) is 0 Å². The molecule has 0 fully saturated rings. The van der Waals surface area contributed by atoms with Crippen LogP contribution in [0.5, 0.6) is 0 Å². The molecule has 1 aliphatic rings. The summed E-state index contributed by atoms with van der Waals surface area (Å²) in [6, 6.07) is 10.8. The van der Waals surface area contributed by atoms with Crippen molar-refractivity contribution in [3.8, 4) is 0 Å². The molecule has 1 heteroatoms. The quantitative estimate of drug-likeness (QED) is 0.864. The van der Waals surface area contributed by atoms with Crippen LogP contribution < -0.4 is 0 Å². The van der Waals surface area contributed by atoms with Crippen molar-refractivity contribution in [1.29, 1.82) is 0 Å². The molecular weight excluding hydrogens is 244 g/mol. The van der Waals surface area contributed by atoms with Crippen LogP contribution >= 0.6 is 0 Å². The predicted molar refractivity (Wildman–Crippen MR) is 83.2 cm³/mol. The van der Waals surface area contributed by atoms with Crippen LogP contribution in [0, 0.1) is 20.8 Å². The summed E-state index contributed by atoms with van der Waals surface area (Å²) in [6.07, 6.45) is 3.08. The number of rotatable bonds is 2. The van der Waals surface area contributed by atoms with E-state index >= 15 is 0 Å². The van der Waals surface area contributed by atoms with E-state index in [4.69, 9.17) is 0 Å². The Hall–Kier alpha value is -1.60. The molecule has 104 valence electrons. The highest BCUT2D eigenvalue weighted by Crippen LogP contribution is 2.30. The zero-order valence-electron chi connectivity index (χ0n) is 12.5. The second-order valence-corrected chi connectivity index (χ2v) is 6.08. The first kappa shape index (κ1) is 13.4. The molecule has 0 heterocycles. The number of aliphatic hydroxyl groups is 1. The average molecular weight is 266 g/mol. The van der Waals surface area contributed by atoms with E-state index in [0.717, 1.165) is 17.5 Å². The minimum absolute atomic E-state index is 0.514. The van der Waals surface area contributed by atoms with Gasteiger partial charge in [0.2, 0.25) is 0 Å². The van der Waals surface area contributed by atoms with Gasteiger partial charge >= 0.3 is 0 Å². The van der Waals surface area contributed by atoms with Crippen LogP contribution in [-0.2, 0) is 12.8 Å². The minimum atomic E-state index is -0.514. The topological polar surface area (TPSA) is 20.2 Å². The third kappa shape index (κ3) is 2.27. The van der Waals surface area contributed by atoms with E-state index in [-0.39, 0.29) is 0 Å². The van der Waals surface area contributed by atoms with Crippen molar-refractivity contribution in [2.45, 2.75) is 46.1 Å². The zero-order chi connectivity index (χ0) is 14.3. The first-order chi connectivity index (χ1) is 9.56. The van der Waals surface area contributed by atoms with Crippen molar-refractivity contribution >= 4 is 0 Å². The normalized spacial score (nSPS) is 15.2. The van der Waals surface area contributed by atoms with Gasteiger partial charge in [-0.1, -0.05) is 30.3 Å².